The Morgan fingerprint density at radius 1 is 1.12 bits per heavy atom. The molecule has 4 heteroatoms. The van der Waals surface area contributed by atoms with Crippen LogP contribution in [-0.2, 0) is 14.3 Å². The van der Waals surface area contributed by atoms with Crippen LogP contribution in [0.15, 0.2) is 0 Å². The van der Waals surface area contributed by atoms with Gasteiger partial charge in [-0.15, -0.1) is 0 Å². The molecule has 0 aliphatic rings. The molecule has 1 amide bonds. The average molecular weight is 243 g/mol. The second-order valence-electron chi connectivity index (χ2n) is 4.26. The van der Waals surface area contributed by atoms with Crippen molar-refractivity contribution in [2.24, 2.45) is 0 Å². The predicted octanol–water partition coefficient (Wildman–Crippen LogP) is 2.02. The van der Waals surface area contributed by atoms with Crippen LogP contribution in [0.25, 0.3) is 0 Å². The lowest BCUT2D eigenvalue weighted by Gasteiger charge is -2.16. The molecule has 0 aromatic carbocycles. The lowest BCUT2D eigenvalue weighted by atomic mass is 10.1. The first kappa shape index (κ1) is 16.1. The van der Waals surface area contributed by atoms with Gasteiger partial charge in [-0.25, -0.2) is 0 Å². The van der Waals surface area contributed by atoms with Gasteiger partial charge in [0.15, 0.2) is 0 Å². The number of nitrogens with zero attached hydrogens (tertiary/aromatic N) is 1. The zero-order chi connectivity index (χ0) is 13.1. The van der Waals surface area contributed by atoms with Crippen LogP contribution in [0.4, 0.5) is 0 Å². The molecule has 0 aromatic rings. The summed E-state index contributed by atoms with van der Waals surface area (Å²) in [6.07, 6.45) is 4.58. The van der Waals surface area contributed by atoms with Crippen LogP contribution in [0.1, 0.15) is 45.4 Å². The lowest BCUT2D eigenvalue weighted by Crippen LogP contribution is -2.29. The Kier molecular flexibility index (Phi) is 9.72. The van der Waals surface area contributed by atoms with E-state index < -0.39 is 0 Å². The Balaban J connectivity index is 3.47. The summed E-state index contributed by atoms with van der Waals surface area (Å²) in [6.45, 7) is 3.10. The van der Waals surface area contributed by atoms with Gasteiger partial charge in [-0.3, -0.25) is 9.59 Å². The van der Waals surface area contributed by atoms with Crippen molar-refractivity contribution >= 4 is 11.7 Å². The number of unbranched alkanes of at least 4 members (excludes halogenated alkanes) is 2. The number of likely N-dealkylation sites (N-methyl/N-ethyl adjacent to an activating group) is 1. The standard InChI is InChI=1S/C13H25NO3/c1-4-12(15)8-6-5-7-9-13(16)14(2)10-11-17-3/h4-11H2,1-3H3. The van der Waals surface area contributed by atoms with Crippen LogP contribution in [-0.4, -0.2) is 43.9 Å². The summed E-state index contributed by atoms with van der Waals surface area (Å²) in [6, 6.07) is 0. The van der Waals surface area contributed by atoms with Gasteiger partial charge in [0, 0.05) is 40.0 Å². The number of Topliss-reactive ketones (excluding diaryl/α,β-unsaturated/α-hetero) is 1. The fourth-order valence-electron chi connectivity index (χ4n) is 1.50. The molecule has 0 rings (SSSR count). The first-order valence-electron chi connectivity index (χ1n) is 6.36. The number of carbonyl (C=O) groups is 2. The lowest BCUT2D eigenvalue weighted by molar-refractivity contribution is -0.130. The maximum atomic E-state index is 11.6. The van der Waals surface area contributed by atoms with Crippen molar-refractivity contribution in [3.05, 3.63) is 0 Å². The highest BCUT2D eigenvalue weighted by atomic mass is 16.5. The van der Waals surface area contributed by atoms with Crippen molar-refractivity contribution in [2.45, 2.75) is 45.4 Å². The van der Waals surface area contributed by atoms with Crippen LogP contribution in [0.3, 0.4) is 0 Å². The van der Waals surface area contributed by atoms with Crippen molar-refractivity contribution in [2.75, 3.05) is 27.3 Å². The molecule has 0 aliphatic heterocycles. The maximum absolute atomic E-state index is 11.6. The number of ether oxygens (including phenoxy) is 1. The molecule has 0 N–H and O–H groups in total. The van der Waals surface area contributed by atoms with E-state index in [0.29, 0.717) is 38.2 Å². The van der Waals surface area contributed by atoms with Gasteiger partial charge >= 0.3 is 0 Å². The molecule has 100 valence electrons. The molecular weight excluding hydrogens is 218 g/mol. The smallest absolute Gasteiger partial charge is 0.222 e. The average Bonchev–Trinajstić information content (AvgIpc) is 2.34. The third kappa shape index (κ3) is 8.86. The molecular formula is C13H25NO3. The number of hydrogen-bond acceptors (Lipinski definition) is 3. The van der Waals surface area contributed by atoms with Crippen molar-refractivity contribution in [1.29, 1.82) is 0 Å². The molecule has 0 heterocycles. The van der Waals surface area contributed by atoms with E-state index in [1.165, 1.54) is 0 Å². The normalized spacial score (nSPS) is 10.3. The summed E-state index contributed by atoms with van der Waals surface area (Å²) in [7, 11) is 3.42. The van der Waals surface area contributed by atoms with Gasteiger partial charge in [0.1, 0.15) is 5.78 Å². The Bertz CT molecular complexity index is 229. The van der Waals surface area contributed by atoms with Gasteiger partial charge in [-0.05, 0) is 12.8 Å². The zero-order valence-corrected chi connectivity index (χ0v) is 11.3. The van der Waals surface area contributed by atoms with E-state index in [4.69, 9.17) is 4.74 Å². The predicted molar refractivity (Wildman–Crippen MR) is 67.9 cm³/mol. The number of carbonyl (C=O) groups excluding carboxylic acids is 2. The SMILES string of the molecule is CCC(=O)CCCCCC(=O)N(C)CCOC. The third-order valence-electron chi connectivity index (χ3n) is 2.80. The van der Waals surface area contributed by atoms with E-state index in [1.807, 2.05) is 6.92 Å². The van der Waals surface area contributed by atoms with Crippen LogP contribution in [0, 0.1) is 0 Å². The highest BCUT2D eigenvalue weighted by Crippen LogP contribution is 2.06. The van der Waals surface area contributed by atoms with Gasteiger partial charge in [-0.2, -0.15) is 0 Å². The summed E-state index contributed by atoms with van der Waals surface area (Å²) < 4.78 is 4.91. The number of ketones is 1. The third-order valence-corrected chi connectivity index (χ3v) is 2.80. The molecule has 0 aromatic heterocycles. The first-order valence-corrected chi connectivity index (χ1v) is 6.36. The molecule has 0 spiro atoms. The number of rotatable bonds is 10. The van der Waals surface area contributed by atoms with E-state index in [1.54, 1.807) is 19.1 Å². The topological polar surface area (TPSA) is 46.6 Å². The second-order valence-corrected chi connectivity index (χ2v) is 4.26. The van der Waals surface area contributed by atoms with E-state index in [0.717, 1.165) is 19.3 Å². The summed E-state index contributed by atoms with van der Waals surface area (Å²) in [5.41, 5.74) is 0. The molecule has 0 saturated carbocycles. The number of methoxy groups -OCH3 is 1. The fourth-order valence-corrected chi connectivity index (χ4v) is 1.50. The van der Waals surface area contributed by atoms with Gasteiger partial charge in [-0.1, -0.05) is 13.3 Å². The summed E-state index contributed by atoms with van der Waals surface area (Å²) in [5.74, 6) is 0.470. The Hall–Kier alpha value is -0.900. The van der Waals surface area contributed by atoms with Crippen molar-refractivity contribution in [1.82, 2.24) is 4.90 Å². The van der Waals surface area contributed by atoms with Crippen LogP contribution < -0.4 is 0 Å². The maximum Gasteiger partial charge on any atom is 0.222 e. The Morgan fingerprint density at radius 2 is 1.76 bits per heavy atom. The highest BCUT2D eigenvalue weighted by molar-refractivity contribution is 5.78. The van der Waals surface area contributed by atoms with Gasteiger partial charge < -0.3 is 9.64 Å². The van der Waals surface area contributed by atoms with Gasteiger partial charge in [0.05, 0.1) is 6.61 Å². The Labute approximate surface area is 104 Å². The second kappa shape index (κ2) is 10.3. The van der Waals surface area contributed by atoms with E-state index in [9.17, 15) is 9.59 Å². The minimum Gasteiger partial charge on any atom is -0.383 e. The largest absolute Gasteiger partial charge is 0.383 e. The Morgan fingerprint density at radius 3 is 2.35 bits per heavy atom. The van der Waals surface area contributed by atoms with E-state index in [2.05, 4.69) is 0 Å². The highest BCUT2D eigenvalue weighted by Gasteiger charge is 2.07. The summed E-state index contributed by atoms with van der Waals surface area (Å²) >= 11 is 0. The fraction of sp³-hybridized carbons (Fsp3) is 0.846. The molecule has 0 aliphatic carbocycles. The van der Waals surface area contributed by atoms with Crippen molar-refractivity contribution in [3.63, 3.8) is 0 Å². The van der Waals surface area contributed by atoms with Gasteiger partial charge in [0.2, 0.25) is 5.91 Å². The van der Waals surface area contributed by atoms with E-state index in [-0.39, 0.29) is 5.91 Å². The molecule has 0 unspecified atom stereocenters. The molecule has 0 bridgehead atoms. The zero-order valence-electron chi connectivity index (χ0n) is 11.3. The number of amides is 1. The van der Waals surface area contributed by atoms with Crippen LogP contribution >= 0.6 is 0 Å². The van der Waals surface area contributed by atoms with Crippen molar-refractivity contribution in [3.8, 4) is 0 Å². The summed E-state index contributed by atoms with van der Waals surface area (Å²) in [5, 5.41) is 0. The minimum absolute atomic E-state index is 0.156. The molecule has 0 saturated heterocycles. The van der Waals surface area contributed by atoms with Gasteiger partial charge in [0.25, 0.3) is 0 Å². The molecule has 4 nitrogen and oxygen atoms in total. The number of hydrogen-bond donors (Lipinski definition) is 0. The van der Waals surface area contributed by atoms with Crippen molar-refractivity contribution < 1.29 is 14.3 Å². The van der Waals surface area contributed by atoms with E-state index >= 15 is 0 Å². The molecule has 0 radical (unpaired) electrons. The minimum atomic E-state index is 0.156. The summed E-state index contributed by atoms with van der Waals surface area (Å²) in [4.78, 5) is 24.3. The molecule has 0 atom stereocenters. The van der Waals surface area contributed by atoms with Crippen LogP contribution in [0.5, 0.6) is 0 Å². The first-order chi connectivity index (χ1) is 8.11. The molecule has 0 fully saturated rings. The monoisotopic (exact) mass is 243 g/mol. The van der Waals surface area contributed by atoms with Crippen LogP contribution in [0.2, 0.25) is 0 Å². The molecule has 17 heavy (non-hydrogen) atoms. The quantitative estimate of drug-likeness (QED) is 0.551.